The molecular formula is C15H21N5O. The zero-order chi connectivity index (χ0) is 14.9. The number of hydrogen-bond donors (Lipinski definition) is 2. The molecule has 21 heavy (non-hydrogen) atoms. The highest BCUT2D eigenvalue weighted by Crippen LogP contribution is 2.39. The van der Waals surface area contributed by atoms with Gasteiger partial charge in [-0.25, -0.2) is 4.99 Å². The Morgan fingerprint density at radius 1 is 1.10 bits per heavy atom. The second kappa shape index (κ2) is 5.27. The zero-order valence-corrected chi connectivity index (χ0v) is 12.2. The van der Waals surface area contributed by atoms with Gasteiger partial charge in [0.05, 0.1) is 7.11 Å². The topological polar surface area (TPSA) is 89.2 Å². The van der Waals surface area contributed by atoms with Gasteiger partial charge in [0.1, 0.15) is 11.4 Å². The standard InChI is InChI=1S/C15H21N5O/c1-21-12-7-5-11(6-8-12)20-14(17)18-13(16)19-15(20)9-3-2-4-10-15/h5-8H,2-4,9-10H2,1H3,(H4,16,17,18,19). The largest absolute Gasteiger partial charge is 0.497 e. The maximum Gasteiger partial charge on any atom is 0.220 e. The van der Waals surface area contributed by atoms with Crippen LogP contribution in [0.5, 0.6) is 5.75 Å². The Labute approximate surface area is 124 Å². The van der Waals surface area contributed by atoms with E-state index in [1.165, 1.54) is 6.42 Å². The van der Waals surface area contributed by atoms with Gasteiger partial charge in [-0.1, -0.05) is 6.42 Å². The predicted molar refractivity (Wildman–Crippen MR) is 84.5 cm³/mol. The van der Waals surface area contributed by atoms with Crippen molar-refractivity contribution < 1.29 is 4.74 Å². The Morgan fingerprint density at radius 3 is 2.38 bits per heavy atom. The molecule has 1 spiro atoms. The molecule has 1 fully saturated rings. The summed E-state index contributed by atoms with van der Waals surface area (Å²) in [5.41, 5.74) is 12.6. The number of anilines is 1. The average molecular weight is 287 g/mol. The fourth-order valence-corrected chi connectivity index (χ4v) is 3.23. The van der Waals surface area contributed by atoms with Crippen molar-refractivity contribution in [3.63, 3.8) is 0 Å². The molecule has 0 amide bonds. The van der Waals surface area contributed by atoms with Crippen molar-refractivity contribution in [1.29, 1.82) is 0 Å². The summed E-state index contributed by atoms with van der Waals surface area (Å²) >= 11 is 0. The maximum absolute atomic E-state index is 6.16. The van der Waals surface area contributed by atoms with E-state index in [4.69, 9.17) is 16.2 Å². The molecular weight excluding hydrogens is 266 g/mol. The lowest BCUT2D eigenvalue weighted by Gasteiger charge is -2.45. The summed E-state index contributed by atoms with van der Waals surface area (Å²) in [5, 5.41) is 0. The molecule has 0 radical (unpaired) electrons. The van der Waals surface area contributed by atoms with Crippen molar-refractivity contribution in [3.05, 3.63) is 24.3 Å². The Hall–Kier alpha value is -2.24. The lowest BCUT2D eigenvalue weighted by Crippen LogP contribution is -2.58. The van der Waals surface area contributed by atoms with E-state index in [1.807, 2.05) is 29.2 Å². The number of aliphatic imine (C=N–C) groups is 2. The first-order valence-corrected chi connectivity index (χ1v) is 7.28. The molecule has 2 aliphatic rings. The molecule has 0 bridgehead atoms. The minimum absolute atomic E-state index is 0.277. The van der Waals surface area contributed by atoms with E-state index in [-0.39, 0.29) is 11.6 Å². The molecule has 6 nitrogen and oxygen atoms in total. The third-order valence-corrected chi connectivity index (χ3v) is 4.18. The minimum atomic E-state index is -0.386. The molecule has 0 atom stereocenters. The summed E-state index contributed by atoms with van der Waals surface area (Å²) in [6.07, 6.45) is 5.35. The van der Waals surface area contributed by atoms with Crippen LogP contribution in [0.4, 0.5) is 5.69 Å². The van der Waals surface area contributed by atoms with Crippen LogP contribution in [0.15, 0.2) is 34.3 Å². The number of nitrogens with zero attached hydrogens (tertiary/aromatic N) is 3. The fourth-order valence-electron chi connectivity index (χ4n) is 3.23. The summed E-state index contributed by atoms with van der Waals surface area (Å²) < 4.78 is 5.21. The summed E-state index contributed by atoms with van der Waals surface area (Å²) in [7, 11) is 1.65. The molecule has 1 heterocycles. The fraction of sp³-hybridized carbons (Fsp3) is 0.467. The highest BCUT2D eigenvalue weighted by atomic mass is 16.5. The number of nitrogens with two attached hydrogens (primary N) is 2. The van der Waals surface area contributed by atoms with Crippen LogP contribution >= 0.6 is 0 Å². The van der Waals surface area contributed by atoms with E-state index in [2.05, 4.69) is 9.98 Å². The Bertz CT molecular complexity index is 572. The number of guanidine groups is 2. The minimum Gasteiger partial charge on any atom is -0.497 e. The molecule has 1 aliphatic heterocycles. The van der Waals surface area contributed by atoms with Gasteiger partial charge in [-0.15, -0.1) is 0 Å². The van der Waals surface area contributed by atoms with Crippen molar-refractivity contribution in [2.24, 2.45) is 21.5 Å². The van der Waals surface area contributed by atoms with Gasteiger partial charge in [0, 0.05) is 5.69 Å². The smallest absolute Gasteiger partial charge is 0.220 e. The van der Waals surface area contributed by atoms with Gasteiger partial charge in [0.25, 0.3) is 0 Å². The quantitative estimate of drug-likeness (QED) is 0.868. The van der Waals surface area contributed by atoms with Crippen molar-refractivity contribution in [3.8, 4) is 5.75 Å². The first-order chi connectivity index (χ1) is 10.1. The van der Waals surface area contributed by atoms with E-state index in [0.717, 1.165) is 37.1 Å². The van der Waals surface area contributed by atoms with Gasteiger partial charge in [0.15, 0.2) is 0 Å². The van der Waals surface area contributed by atoms with Crippen LogP contribution < -0.4 is 21.1 Å². The van der Waals surface area contributed by atoms with Crippen molar-refractivity contribution in [2.75, 3.05) is 12.0 Å². The van der Waals surface area contributed by atoms with Crippen LogP contribution in [-0.4, -0.2) is 24.7 Å². The molecule has 1 aliphatic carbocycles. The van der Waals surface area contributed by atoms with Gasteiger partial charge in [-0.05, 0) is 49.9 Å². The van der Waals surface area contributed by atoms with Crippen molar-refractivity contribution in [2.45, 2.75) is 37.8 Å². The first-order valence-electron chi connectivity index (χ1n) is 7.28. The highest BCUT2D eigenvalue weighted by Gasteiger charge is 2.42. The Kier molecular flexibility index (Phi) is 3.45. The maximum atomic E-state index is 6.16. The molecule has 0 unspecified atom stereocenters. The van der Waals surface area contributed by atoms with Crippen LogP contribution in [0.25, 0.3) is 0 Å². The lowest BCUT2D eigenvalue weighted by atomic mass is 9.87. The molecule has 1 aromatic carbocycles. The van der Waals surface area contributed by atoms with E-state index < -0.39 is 0 Å². The van der Waals surface area contributed by atoms with E-state index in [9.17, 15) is 0 Å². The van der Waals surface area contributed by atoms with Gasteiger partial charge in [0.2, 0.25) is 11.9 Å². The highest BCUT2D eigenvalue weighted by molar-refractivity contribution is 6.05. The van der Waals surface area contributed by atoms with Gasteiger partial charge in [-0.3, -0.25) is 4.90 Å². The van der Waals surface area contributed by atoms with Crippen LogP contribution in [-0.2, 0) is 0 Å². The molecule has 112 valence electrons. The molecule has 6 heteroatoms. The van der Waals surface area contributed by atoms with Crippen LogP contribution in [0.2, 0.25) is 0 Å². The van der Waals surface area contributed by atoms with E-state index in [0.29, 0.717) is 5.96 Å². The molecule has 3 rings (SSSR count). The number of hydrogen-bond acceptors (Lipinski definition) is 6. The number of ether oxygens (including phenoxy) is 1. The molecule has 1 aromatic rings. The van der Waals surface area contributed by atoms with Gasteiger partial charge in [-0.2, -0.15) is 4.99 Å². The van der Waals surface area contributed by atoms with Gasteiger partial charge >= 0.3 is 0 Å². The molecule has 1 saturated carbocycles. The summed E-state index contributed by atoms with van der Waals surface area (Å²) in [5.74, 6) is 1.50. The van der Waals surface area contributed by atoms with Crippen molar-refractivity contribution >= 4 is 17.6 Å². The Morgan fingerprint density at radius 2 is 1.76 bits per heavy atom. The monoisotopic (exact) mass is 287 g/mol. The van der Waals surface area contributed by atoms with Crippen LogP contribution in [0.3, 0.4) is 0 Å². The normalized spacial score (nSPS) is 20.9. The summed E-state index contributed by atoms with van der Waals surface area (Å²) in [6.45, 7) is 0. The zero-order valence-electron chi connectivity index (χ0n) is 12.2. The molecule has 0 aromatic heterocycles. The Balaban J connectivity index is 2.01. The second-order valence-corrected chi connectivity index (χ2v) is 5.52. The predicted octanol–water partition coefficient (Wildman–Crippen LogP) is 1.80. The van der Waals surface area contributed by atoms with E-state index >= 15 is 0 Å². The van der Waals surface area contributed by atoms with Crippen LogP contribution in [0.1, 0.15) is 32.1 Å². The SMILES string of the molecule is COc1ccc(N2C(N)=NC(N)=NC23CCCCC3)cc1. The van der Waals surface area contributed by atoms with E-state index in [1.54, 1.807) is 7.11 Å². The molecule has 0 saturated heterocycles. The summed E-state index contributed by atoms with van der Waals surface area (Å²) in [6, 6.07) is 7.80. The number of methoxy groups -OCH3 is 1. The third kappa shape index (κ3) is 2.41. The van der Waals surface area contributed by atoms with Crippen LogP contribution in [0, 0.1) is 0 Å². The van der Waals surface area contributed by atoms with Crippen molar-refractivity contribution in [1.82, 2.24) is 0 Å². The molecule has 4 N–H and O–H groups in total. The first kappa shape index (κ1) is 13.7. The average Bonchev–Trinajstić information content (AvgIpc) is 2.48. The number of rotatable bonds is 2. The summed E-state index contributed by atoms with van der Waals surface area (Å²) in [4.78, 5) is 10.8. The number of benzene rings is 1. The third-order valence-electron chi connectivity index (χ3n) is 4.18. The van der Waals surface area contributed by atoms with Gasteiger partial charge < -0.3 is 16.2 Å². The lowest BCUT2D eigenvalue weighted by molar-refractivity contribution is 0.305. The second-order valence-electron chi connectivity index (χ2n) is 5.52.